The Bertz CT molecular complexity index is 1150. The average Bonchev–Trinajstić information content (AvgIpc) is 3.23. The minimum Gasteiger partial charge on any atom is -0.394 e. The van der Waals surface area contributed by atoms with E-state index in [1.54, 1.807) is 6.07 Å². The fourth-order valence-corrected chi connectivity index (χ4v) is 4.46. The van der Waals surface area contributed by atoms with Gasteiger partial charge < -0.3 is 25.0 Å². The molecule has 3 heterocycles. The molecule has 0 spiro atoms. The maximum Gasteiger partial charge on any atom is 0.249 e. The van der Waals surface area contributed by atoms with E-state index in [4.69, 9.17) is 4.74 Å². The molecular weight excluding hydrogens is 453 g/mol. The van der Waals surface area contributed by atoms with Crippen molar-refractivity contribution in [2.45, 2.75) is 34.7 Å². The van der Waals surface area contributed by atoms with Crippen molar-refractivity contribution in [3.05, 3.63) is 64.5 Å². The quantitative estimate of drug-likeness (QED) is 0.403. The van der Waals surface area contributed by atoms with Crippen LogP contribution in [0.2, 0.25) is 0 Å². The van der Waals surface area contributed by atoms with E-state index >= 15 is 0 Å². The summed E-state index contributed by atoms with van der Waals surface area (Å²) in [5.41, 5.74) is -1.50. The van der Waals surface area contributed by atoms with E-state index in [9.17, 15) is 33.3 Å². The number of nitrogens with zero attached hydrogens (tertiary/aromatic N) is 3. The van der Waals surface area contributed by atoms with Crippen LogP contribution in [-0.2, 0) is 4.74 Å². The summed E-state index contributed by atoms with van der Waals surface area (Å²) in [5.74, 6) is -4.44. The zero-order chi connectivity index (χ0) is 23.0. The highest BCUT2D eigenvalue weighted by molar-refractivity contribution is 7.99. The van der Waals surface area contributed by atoms with E-state index in [2.05, 4.69) is 15.3 Å². The number of rotatable bonds is 5. The Morgan fingerprint density at radius 1 is 1.16 bits per heavy atom. The first-order valence-electron chi connectivity index (χ1n) is 9.33. The van der Waals surface area contributed by atoms with Gasteiger partial charge >= 0.3 is 0 Å². The molecule has 1 fully saturated rings. The van der Waals surface area contributed by atoms with Gasteiger partial charge in [-0.3, -0.25) is 4.79 Å². The first-order chi connectivity index (χ1) is 15.3. The number of ether oxygens (including phenoxy) is 1. The van der Waals surface area contributed by atoms with E-state index in [1.165, 1.54) is 18.5 Å². The molecule has 13 heteroatoms. The average molecular weight is 470 g/mol. The minimum absolute atomic E-state index is 0.0342. The number of aliphatic hydroxyl groups is 3. The van der Waals surface area contributed by atoms with Gasteiger partial charge in [0.25, 0.3) is 0 Å². The molecule has 1 saturated heterocycles. The lowest BCUT2D eigenvalue weighted by molar-refractivity contribution is -0.178. The molecule has 9 nitrogen and oxygen atoms in total. The first-order valence-corrected chi connectivity index (χ1v) is 10.2. The number of hydrogen-bond acceptors (Lipinski definition) is 8. The van der Waals surface area contributed by atoms with Crippen molar-refractivity contribution in [3.63, 3.8) is 0 Å². The maximum absolute atomic E-state index is 13.6. The lowest BCUT2D eigenvalue weighted by atomic mass is 9.97. The predicted octanol–water partition coefficient (Wildman–Crippen LogP) is 0.823. The van der Waals surface area contributed by atoms with Crippen molar-refractivity contribution in [1.29, 1.82) is 0 Å². The van der Waals surface area contributed by atoms with Crippen molar-refractivity contribution in [2.75, 3.05) is 6.61 Å². The maximum atomic E-state index is 13.6. The van der Waals surface area contributed by atoms with Gasteiger partial charge in [-0.1, -0.05) is 17.0 Å². The fraction of sp³-hybridized carbons (Fsp3) is 0.316. The predicted molar refractivity (Wildman–Crippen MR) is 105 cm³/mol. The standard InChI is InChI=1S/C19H17F3N4O5S/c20-10-3-8(4-11(21)15(10)22)12-6-26(25-24-12)16-17(29)13(7-27)31-19(18(16)30)32-9-1-2-23-14(28)5-9/h1-6,13,16-19,27,29-30H,7H2,(H,23,28)/t13-,16+,17+,18-,19-/m1/s1. The lowest BCUT2D eigenvalue weighted by Gasteiger charge is -2.41. The third kappa shape index (κ3) is 4.29. The normalized spacial score (nSPS) is 25.8. The lowest BCUT2D eigenvalue weighted by Crippen LogP contribution is -2.55. The van der Waals surface area contributed by atoms with Crippen LogP contribution in [0.1, 0.15) is 6.04 Å². The monoisotopic (exact) mass is 470 g/mol. The van der Waals surface area contributed by atoms with Crippen LogP contribution in [0.5, 0.6) is 0 Å². The summed E-state index contributed by atoms with van der Waals surface area (Å²) < 4.78 is 47.1. The molecule has 0 radical (unpaired) electrons. The largest absolute Gasteiger partial charge is 0.394 e. The summed E-state index contributed by atoms with van der Waals surface area (Å²) >= 11 is 0.998. The Morgan fingerprint density at radius 3 is 2.53 bits per heavy atom. The van der Waals surface area contributed by atoms with Gasteiger partial charge in [0.05, 0.1) is 12.8 Å². The number of nitrogens with one attached hydrogen (secondary N) is 1. The van der Waals surface area contributed by atoms with Crippen LogP contribution in [0.4, 0.5) is 13.2 Å². The van der Waals surface area contributed by atoms with E-state index in [0.29, 0.717) is 4.90 Å². The Balaban J connectivity index is 1.64. The van der Waals surface area contributed by atoms with Gasteiger partial charge in [-0.25, -0.2) is 17.9 Å². The molecule has 5 atom stereocenters. The molecule has 0 amide bonds. The number of H-pyrrole nitrogens is 1. The topological polar surface area (TPSA) is 133 Å². The molecule has 32 heavy (non-hydrogen) atoms. The van der Waals surface area contributed by atoms with Crippen molar-refractivity contribution < 1.29 is 33.2 Å². The van der Waals surface area contributed by atoms with Gasteiger partial charge in [0.2, 0.25) is 5.56 Å². The highest BCUT2D eigenvalue weighted by Gasteiger charge is 2.46. The van der Waals surface area contributed by atoms with Gasteiger partial charge in [0, 0.05) is 22.7 Å². The Morgan fingerprint density at radius 2 is 1.88 bits per heavy atom. The number of pyridine rings is 1. The van der Waals surface area contributed by atoms with Gasteiger partial charge in [0.1, 0.15) is 35.5 Å². The second-order valence-corrected chi connectivity index (χ2v) is 8.21. The molecule has 1 aromatic carbocycles. The molecule has 1 aliphatic rings. The van der Waals surface area contributed by atoms with E-state index in [-0.39, 0.29) is 16.8 Å². The highest BCUT2D eigenvalue weighted by Crippen LogP contribution is 2.38. The van der Waals surface area contributed by atoms with Crippen LogP contribution >= 0.6 is 11.8 Å². The molecule has 170 valence electrons. The Hall–Kier alpha value is -2.71. The van der Waals surface area contributed by atoms with Crippen molar-refractivity contribution >= 4 is 11.8 Å². The van der Waals surface area contributed by atoms with Gasteiger partial charge in [0.15, 0.2) is 17.5 Å². The zero-order valence-corrected chi connectivity index (χ0v) is 16.9. The van der Waals surface area contributed by atoms with Crippen LogP contribution in [0, 0.1) is 17.5 Å². The number of aromatic amines is 1. The Labute approximate surface area is 182 Å². The molecule has 0 bridgehead atoms. The van der Waals surface area contributed by atoms with Crippen molar-refractivity contribution in [1.82, 2.24) is 20.0 Å². The molecule has 3 aromatic rings. The highest BCUT2D eigenvalue weighted by atomic mass is 32.2. The number of aromatic nitrogens is 4. The molecule has 0 saturated carbocycles. The molecule has 0 aliphatic carbocycles. The van der Waals surface area contributed by atoms with Crippen LogP contribution in [0.25, 0.3) is 11.3 Å². The van der Waals surface area contributed by atoms with Crippen molar-refractivity contribution in [3.8, 4) is 11.3 Å². The summed E-state index contributed by atoms with van der Waals surface area (Å²) in [6, 6.07) is 3.20. The van der Waals surface area contributed by atoms with Crippen LogP contribution in [-0.4, -0.2) is 65.7 Å². The zero-order valence-electron chi connectivity index (χ0n) is 16.1. The number of aliphatic hydroxyl groups excluding tert-OH is 3. The smallest absolute Gasteiger partial charge is 0.249 e. The van der Waals surface area contributed by atoms with Crippen LogP contribution < -0.4 is 5.56 Å². The van der Waals surface area contributed by atoms with Gasteiger partial charge in [-0.2, -0.15) is 0 Å². The van der Waals surface area contributed by atoms with E-state index in [0.717, 1.165) is 28.6 Å². The van der Waals surface area contributed by atoms with Crippen LogP contribution in [0.3, 0.4) is 0 Å². The Kier molecular flexibility index (Phi) is 6.35. The number of halogens is 3. The molecule has 4 N–H and O–H groups in total. The molecule has 1 aliphatic heterocycles. The summed E-state index contributed by atoms with van der Waals surface area (Å²) in [5, 5.41) is 38.7. The second kappa shape index (κ2) is 9.03. The third-order valence-electron chi connectivity index (χ3n) is 4.94. The molecule has 4 rings (SSSR count). The summed E-state index contributed by atoms with van der Waals surface area (Å²) in [7, 11) is 0. The molecular formula is C19H17F3N4O5S. The summed E-state index contributed by atoms with van der Waals surface area (Å²) in [4.78, 5) is 14.5. The first kappa shape index (κ1) is 22.5. The number of thioether (sulfide) groups is 1. The SMILES string of the molecule is O=c1cc(S[C@H]2O[C@H](CO)[C@H](O)[C@H](n3cc(-c4cc(F)c(F)c(F)c4)nn3)[C@H]2O)cc[nH]1. The van der Waals surface area contributed by atoms with Gasteiger partial charge in [-0.15, -0.1) is 5.10 Å². The van der Waals surface area contributed by atoms with E-state index < -0.39 is 53.8 Å². The third-order valence-corrected chi connectivity index (χ3v) is 6.09. The van der Waals surface area contributed by atoms with Crippen molar-refractivity contribution in [2.24, 2.45) is 0 Å². The second-order valence-electron chi connectivity index (χ2n) is 7.04. The molecule has 2 aromatic heterocycles. The number of hydrogen-bond donors (Lipinski definition) is 4. The number of benzene rings is 1. The minimum atomic E-state index is -1.62. The molecule has 0 unspecified atom stereocenters. The summed E-state index contributed by atoms with van der Waals surface area (Å²) in [6.07, 6.45) is -1.26. The fourth-order valence-electron chi connectivity index (χ4n) is 3.37. The van der Waals surface area contributed by atoms with Gasteiger partial charge in [-0.05, 0) is 18.2 Å². The summed E-state index contributed by atoms with van der Waals surface area (Å²) in [6.45, 7) is -0.577. The van der Waals surface area contributed by atoms with E-state index in [1.807, 2.05) is 0 Å². The van der Waals surface area contributed by atoms with Crippen LogP contribution in [0.15, 0.2) is 46.3 Å².